The van der Waals surface area contributed by atoms with Gasteiger partial charge in [-0.1, -0.05) is 29.8 Å². The third-order valence-electron chi connectivity index (χ3n) is 3.39. The van der Waals surface area contributed by atoms with E-state index < -0.39 is 0 Å². The molecule has 1 aliphatic rings. The molecule has 2 unspecified atom stereocenters. The standard InChI is InChI=1S/C13H19ClN2.ClH/c1-10(12-6-2-3-7-13(12)14)16-8-4-5-11(15)9-16;/h2-3,6-7,10-11H,4-5,8-9,15H2,1H3;1H. The summed E-state index contributed by atoms with van der Waals surface area (Å²) in [6.45, 7) is 4.31. The van der Waals surface area contributed by atoms with Crippen LogP contribution in [0.4, 0.5) is 0 Å². The Kier molecular flexibility index (Phi) is 5.74. The van der Waals surface area contributed by atoms with Crippen molar-refractivity contribution in [2.75, 3.05) is 13.1 Å². The van der Waals surface area contributed by atoms with E-state index in [9.17, 15) is 0 Å². The van der Waals surface area contributed by atoms with Crippen molar-refractivity contribution in [1.29, 1.82) is 0 Å². The van der Waals surface area contributed by atoms with Crippen molar-refractivity contribution in [1.82, 2.24) is 4.90 Å². The number of likely N-dealkylation sites (tertiary alicyclic amines) is 1. The van der Waals surface area contributed by atoms with E-state index in [0.717, 1.165) is 24.5 Å². The molecule has 17 heavy (non-hydrogen) atoms. The Morgan fingerprint density at radius 2 is 2.12 bits per heavy atom. The smallest absolute Gasteiger partial charge is 0.0453 e. The summed E-state index contributed by atoms with van der Waals surface area (Å²) >= 11 is 6.22. The van der Waals surface area contributed by atoms with Crippen LogP contribution in [0.5, 0.6) is 0 Å². The Morgan fingerprint density at radius 1 is 1.41 bits per heavy atom. The van der Waals surface area contributed by atoms with Crippen molar-refractivity contribution < 1.29 is 0 Å². The Labute approximate surface area is 115 Å². The summed E-state index contributed by atoms with van der Waals surface area (Å²) in [4.78, 5) is 2.43. The second-order valence-corrected chi connectivity index (χ2v) is 5.00. The van der Waals surface area contributed by atoms with Crippen molar-refractivity contribution in [2.45, 2.75) is 31.8 Å². The first kappa shape index (κ1) is 14.8. The molecule has 4 heteroatoms. The SMILES string of the molecule is CC(c1ccccc1Cl)N1CCCC(N)C1.Cl. The highest BCUT2D eigenvalue weighted by Crippen LogP contribution is 2.28. The van der Waals surface area contributed by atoms with Gasteiger partial charge < -0.3 is 5.73 Å². The minimum Gasteiger partial charge on any atom is -0.327 e. The van der Waals surface area contributed by atoms with Gasteiger partial charge in [-0.25, -0.2) is 0 Å². The Morgan fingerprint density at radius 3 is 2.76 bits per heavy atom. The lowest BCUT2D eigenvalue weighted by atomic mass is 10.0. The minimum atomic E-state index is 0. The first-order valence-electron chi connectivity index (χ1n) is 5.92. The first-order chi connectivity index (χ1) is 7.68. The Balaban J connectivity index is 0.00000144. The predicted molar refractivity (Wildman–Crippen MR) is 75.9 cm³/mol. The summed E-state index contributed by atoms with van der Waals surface area (Å²) in [6.07, 6.45) is 2.34. The van der Waals surface area contributed by atoms with Gasteiger partial charge in [0.05, 0.1) is 0 Å². The third kappa shape index (κ3) is 3.59. The largest absolute Gasteiger partial charge is 0.327 e. The number of hydrogen-bond acceptors (Lipinski definition) is 2. The molecule has 0 radical (unpaired) electrons. The highest BCUT2D eigenvalue weighted by molar-refractivity contribution is 6.31. The zero-order valence-corrected chi connectivity index (χ0v) is 11.7. The molecule has 0 aromatic heterocycles. The summed E-state index contributed by atoms with van der Waals surface area (Å²) in [6, 6.07) is 8.76. The molecule has 0 amide bonds. The fourth-order valence-corrected chi connectivity index (χ4v) is 2.70. The number of nitrogens with two attached hydrogens (primary N) is 1. The molecule has 1 saturated heterocycles. The van der Waals surface area contributed by atoms with E-state index in [1.54, 1.807) is 0 Å². The van der Waals surface area contributed by atoms with E-state index >= 15 is 0 Å². The Bertz CT molecular complexity index is 357. The zero-order valence-electron chi connectivity index (χ0n) is 10.1. The number of hydrogen-bond donors (Lipinski definition) is 1. The highest BCUT2D eigenvalue weighted by Gasteiger charge is 2.23. The quantitative estimate of drug-likeness (QED) is 0.897. The average Bonchev–Trinajstić information content (AvgIpc) is 2.29. The number of halogens is 2. The summed E-state index contributed by atoms with van der Waals surface area (Å²) in [5.74, 6) is 0. The van der Waals surface area contributed by atoms with Crippen molar-refractivity contribution in [2.24, 2.45) is 5.73 Å². The van der Waals surface area contributed by atoms with E-state index in [4.69, 9.17) is 17.3 Å². The lowest BCUT2D eigenvalue weighted by Crippen LogP contribution is -2.43. The summed E-state index contributed by atoms with van der Waals surface area (Å²) in [5, 5.41) is 0.856. The molecular formula is C13H20Cl2N2. The van der Waals surface area contributed by atoms with Crippen LogP contribution in [0.1, 0.15) is 31.4 Å². The summed E-state index contributed by atoms with van der Waals surface area (Å²) in [5.41, 5.74) is 7.21. The van der Waals surface area contributed by atoms with Gasteiger partial charge in [0.1, 0.15) is 0 Å². The van der Waals surface area contributed by atoms with E-state index in [1.807, 2.05) is 18.2 Å². The van der Waals surface area contributed by atoms with Gasteiger partial charge in [0.15, 0.2) is 0 Å². The first-order valence-corrected chi connectivity index (χ1v) is 6.30. The molecule has 2 rings (SSSR count). The molecule has 2 atom stereocenters. The molecule has 1 fully saturated rings. The molecular weight excluding hydrogens is 255 g/mol. The molecule has 0 spiro atoms. The molecule has 0 aliphatic carbocycles. The van der Waals surface area contributed by atoms with Crippen molar-refractivity contribution in [3.8, 4) is 0 Å². The normalized spacial score (nSPS) is 22.9. The fraction of sp³-hybridized carbons (Fsp3) is 0.538. The monoisotopic (exact) mass is 274 g/mol. The summed E-state index contributed by atoms with van der Waals surface area (Å²) < 4.78 is 0. The average molecular weight is 275 g/mol. The zero-order chi connectivity index (χ0) is 11.5. The number of nitrogens with zero attached hydrogens (tertiary/aromatic N) is 1. The maximum atomic E-state index is 6.22. The third-order valence-corrected chi connectivity index (χ3v) is 3.74. The number of benzene rings is 1. The van der Waals surface area contributed by atoms with Crippen LogP contribution in [0.25, 0.3) is 0 Å². The maximum Gasteiger partial charge on any atom is 0.0453 e. The molecule has 1 aromatic rings. The van der Waals surface area contributed by atoms with Crippen LogP contribution in [0.2, 0.25) is 5.02 Å². The molecule has 0 bridgehead atoms. The topological polar surface area (TPSA) is 29.3 Å². The van der Waals surface area contributed by atoms with Gasteiger partial charge in [-0.15, -0.1) is 12.4 Å². The number of rotatable bonds is 2. The van der Waals surface area contributed by atoms with Gasteiger partial charge in [-0.05, 0) is 37.9 Å². The van der Waals surface area contributed by atoms with Gasteiger partial charge in [0.25, 0.3) is 0 Å². The van der Waals surface area contributed by atoms with Crippen molar-refractivity contribution >= 4 is 24.0 Å². The van der Waals surface area contributed by atoms with Gasteiger partial charge >= 0.3 is 0 Å². The van der Waals surface area contributed by atoms with E-state index in [0.29, 0.717) is 12.1 Å². The van der Waals surface area contributed by atoms with Crippen molar-refractivity contribution in [3.63, 3.8) is 0 Å². The van der Waals surface area contributed by atoms with Gasteiger partial charge in [-0.3, -0.25) is 4.90 Å². The van der Waals surface area contributed by atoms with Crippen molar-refractivity contribution in [3.05, 3.63) is 34.9 Å². The van der Waals surface area contributed by atoms with E-state index in [1.165, 1.54) is 12.0 Å². The molecule has 2 nitrogen and oxygen atoms in total. The maximum absolute atomic E-state index is 6.22. The lowest BCUT2D eigenvalue weighted by Gasteiger charge is -2.35. The van der Waals surface area contributed by atoms with Crippen LogP contribution in [0.3, 0.4) is 0 Å². The highest BCUT2D eigenvalue weighted by atomic mass is 35.5. The molecule has 2 N–H and O–H groups in total. The molecule has 96 valence electrons. The van der Waals surface area contributed by atoms with Crippen LogP contribution >= 0.6 is 24.0 Å². The van der Waals surface area contributed by atoms with Crippen LogP contribution in [0.15, 0.2) is 24.3 Å². The Hall–Kier alpha value is -0.280. The van der Waals surface area contributed by atoms with Gasteiger partial charge in [-0.2, -0.15) is 0 Å². The van der Waals surface area contributed by atoms with Crippen LogP contribution in [0, 0.1) is 0 Å². The van der Waals surface area contributed by atoms with Crippen LogP contribution < -0.4 is 5.73 Å². The molecule has 1 aliphatic heterocycles. The summed E-state index contributed by atoms with van der Waals surface area (Å²) in [7, 11) is 0. The molecule has 0 saturated carbocycles. The second kappa shape index (κ2) is 6.60. The predicted octanol–water partition coefficient (Wildman–Crippen LogP) is 3.25. The number of piperidine rings is 1. The molecule has 1 aromatic carbocycles. The van der Waals surface area contributed by atoms with Gasteiger partial charge in [0.2, 0.25) is 0 Å². The van der Waals surface area contributed by atoms with Crippen LogP contribution in [-0.2, 0) is 0 Å². The fourth-order valence-electron chi connectivity index (χ4n) is 2.40. The second-order valence-electron chi connectivity index (χ2n) is 4.59. The molecule has 1 heterocycles. The van der Waals surface area contributed by atoms with Crippen LogP contribution in [-0.4, -0.2) is 24.0 Å². The minimum absolute atomic E-state index is 0. The van der Waals surface area contributed by atoms with E-state index in [2.05, 4.69) is 17.9 Å². The lowest BCUT2D eigenvalue weighted by molar-refractivity contribution is 0.159. The van der Waals surface area contributed by atoms with E-state index in [-0.39, 0.29) is 12.4 Å². The van der Waals surface area contributed by atoms with Gasteiger partial charge in [0, 0.05) is 23.7 Å².